The van der Waals surface area contributed by atoms with Crippen LogP contribution in [0.4, 0.5) is 0 Å². The minimum atomic E-state index is 0.255. The van der Waals surface area contributed by atoms with Crippen molar-refractivity contribution in [3.63, 3.8) is 0 Å². The van der Waals surface area contributed by atoms with Crippen molar-refractivity contribution in [3.05, 3.63) is 57.8 Å². The van der Waals surface area contributed by atoms with Gasteiger partial charge in [0.25, 0.3) is 0 Å². The molecule has 0 saturated heterocycles. The van der Waals surface area contributed by atoms with E-state index < -0.39 is 0 Å². The molecule has 0 fully saturated rings. The Labute approximate surface area is 133 Å². The molecule has 2 heteroatoms. The molecule has 114 valence electrons. The second-order valence-corrected chi connectivity index (χ2v) is 7.82. The molecular formula is C19H27NS. The predicted octanol–water partition coefficient (Wildman–Crippen LogP) is 5.68. The van der Waals surface area contributed by atoms with E-state index in [1.165, 1.54) is 28.2 Å². The second-order valence-electron chi connectivity index (χ2n) is 6.65. The zero-order chi connectivity index (χ0) is 15.3. The molecule has 2 rings (SSSR count). The lowest BCUT2D eigenvalue weighted by atomic mass is 9.95. The highest BCUT2D eigenvalue weighted by atomic mass is 32.1. The standard InChI is InChI=1S/C19H27NS/c1-5-9-17(15-10-7-6-8-11-15)20-14-16-12-13-18(21-16)19(2,3)4/h6-8,10-13,17,20H,5,9,14H2,1-4H3. The topological polar surface area (TPSA) is 12.0 Å². The Morgan fingerprint density at radius 1 is 1.05 bits per heavy atom. The predicted molar refractivity (Wildman–Crippen MR) is 93.9 cm³/mol. The van der Waals surface area contributed by atoms with Crippen molar-refractivity contribution in [1.82, 2.24) is 5.32 Å². The lowest BCUT2D eigenvalue weighted by Crippen LogP contribution is -2.20. The average molecular weight is 301 g/mol. The molecule has 0 aliphatic rings. The molecule has 21 heavy (non-hydrogen) atoms. The first-order valence-electron chi connectivity index (χ1n) is 7.88. The van der Waals surface area contributed by atoms with Crippen LogP contribution in [-0.4, -0.2) is 0 Å². The quantitative estimate of drug-likeness (QED) is 0.724. The Bertz CT molecular complexity index is 536. The largest absolute Gasteiger partial charge is 0.305 e. The summed E-state index contributed by atoms with van der Waals surface area (Å²) in [6.45, 7) is 10.0. The Hall–Kier alpha value is -1.12. The van der Waals surface area contributed by atoms with Crippen LogP contribution in [0.25, 0.3) is 0 Å². The number of nitrogens with one attached hydrogen (secondary N) is 1. The van der Waals surface area contributed by atoms with Gasteiger partial charge in [-0.15, -0.1) is 11.3 Å². The van der Waals surface area contributed by atoms with Crippen molar-refractivity contribution >= 4 is 11.3 Å². The number of hydrogen-bond donors (Lipinski definition) is 1. The lowest BCUT2D eigenvalue weighted by molar-refractivity contribution is 0.496. The fourth-order valence-electron chi connectivity index (χ4n) is 2.46. The van der Waals surface area contributed by atoms with Gasteiger partial charge in [0.1, 0.15) is 0 Å². The van der Waals surface area contributed by atoms with Gasteiger partial charge in [0.15, 0.2) is 0 Å². The Balaban J connectivity index is 2.01. The third-order valence-corrected chi connectivity index (χ3v) is 5.21. The molecule has 0 bridgehead atoms. The summed E-state index contributed by atoms with van der Waals surface area (Å²) in [6.07, 6.45) is 2.38. The first-order valence-corrected chi connectivity index (χ1v) is 8.70. The third kappa shape index (κ3) is 4.69. The maximum Gasteiger partial charge on any atom is 0.0323 e. The molecule has 1 aromatic carbocycles. The fraction of sp³-hybridized carbons (Fsp3) is 0.474. The van der Waals surface area contributed by atoms with Crippen LogP contribution < -0.4 is 5.32 Å². The van der Waals surface area contributed by atoms with Gasteiger partial charge in [0.05, 0.1) is 0 Å². The molecular weight excluding hydrogens is 274 g/mol. The highest BCUT2D eigenvalue weighted by Crippen LogP contribution is 2.30. The molecule has 1 N–H and O–H groups in total. The maximum atomic E-state index is 3.73. The van der Waals surface area contributed by atoms with Crippen molar-refractivity contribution in [2.45, 2.75) is 58.5 Å². The van der Waals surface area contributed by atoms with Crippen molar-refractivity contribution in [1.29, 1.82) is 0 Å². The molecule has 1 heterocycles. The van der Waals surface area contributed by atoms with Gasteiger partial charge in [-0.1, -0.05) is 64.4 Å². The number of hydrogen-bond acceptors (Lipinski definition) is 2. The SMILES string of the molecule is CCCC(NCc1ccc(C(C)(C)C)s1)c1ccccc1. The van der Waals surface area contributed by atoms with Crippen LogP contribution in [0.15, 0.2) is 42.5 Å². The van der Waals surface area contributed by atoms with E-state index in [0.717, 1.165) is 6.54 Å². The summed E-state index contributed by atoms with van der Waals surface area (Å²) in [5.41, 5.74) is 1.65. The fourth-order valence-corrected chi connectivity index (χ4v) is 3.48. The van der Waals surface area contributed by atoms with E-state index in [-0.39, 0.29) is 5.41 Å². The summed E-state index contributed by atoms with van der Waals surface area (Å²) in [5, 5.41) is 3.73. The molecule has 0 radical (unpaired) electrons. The molecule has 0 spiro atoms. The van der Waals surface area contributed by atoms with Gasteiger partial charge in [-0.25, -0.2) is 0 Å². The second kappa shape index (κ2) is 7.24. The Morgan fingerprint density at radius 3 is 2.33 bits per heavy atom. The summed E-state index contributed by atoms with van der Waals surface area (Å²) in [4.78, 5) is 2.89. The maximum absolute atomic E-state index is 3.73. The zero-order valence-electron chi connectivity index (χ0n) is 13.6. The molecule has 0 aliphatic heterocycles. The van der Waals surface area contributed by atoms with E-state index in [2.05, 4.69) is 75.5 Å². The highest BCUT2D eigenvalue weighted by Gasteiger charge is 2.16. The molecule has 1 aromatic heterocycles. The van der Waals surface area contributed by atoms with Crippen molar-refractivity contribution < 1.29 is 0 Å². The van der Waals surface area contributed by atoms with E-state index >= 15 is 0 Å². The number of rotatable bonds is 6. The van der Waals surface area contributed by atoms with Crippen LogP contribution in [0.1, 0.15) is 61.9 Å². The minimum Gasteiger partial charge on any atom is -0.305 e. The van der Waals surface area contributed by atoms with Gasteiger partial charge in [0.2, 0.25) is 0 Å². The van der Waals surface area contributed by atoms with Gasteiger partial charge in [0, 0.05) is 22.3 Å². The van der Waals surface area contributed by atoms with Gasteiger partial charge in [-0.05, 0) is 29.5 Å². The van der Waals surface area contributed by atoms with Crippen LogP contribution in [0, 0.1) is 0 Å². The molecule has 0 amide bonds. The van der Waals surface area contributed by atoms with Gasteiger partial charge in [-0.3, -0.25) is 0 Å². The monoisotopic (exact) mass is 301 g/mol. The molecule has 0 aliphatic carbocycles. The summed E-state index contributed by atoms with van der Waals surface area (Å²) in [5.74, 6) is 0. The van der Waals surface area contributed by atoms with Crippen molar-refractivity contribution in [3.8, 4) is 0 Å². The van der Waals surface area contributed by atoms with Crippen LogP contribution >= 0.6 is 11.3 Å². The minimum absolute atomic E-state index is 0.255. The lowest BCUT2D eigenvalue weighted by Gasteiger charge is -2.18. The smallest absolute Gasteiger partial charge is 0.0323 e. The van der Waals surface area contributed by atoms with E-state index in [9.17, 15) is 0 Å². The van der Waals surface area contributed by atoms with E-state index in [4.69, 9.17) is 0 Å². The van der Waals surface area contributed by atoms with Gasteiger partial charge >= 0.3 is 0 Å². The number of benzene rings is 1. The van der Waals surface area contributed by atoms with Crippen molar-refractivity contribution in [2.24, 2.45) is 0 Å². The third-order valence-electron chi connectivity index (χ3n) is 3.70. The summed E-state index contributed by atoms with van der Waals surface area (Å²) >= 11 is 1.93. The van der Waals surface area contributed by atoms with Crippen LogP contribution in [0.2, 0.25) is 0 Å². The van der Waals surface area contributed by atoms with Crippen molar-refractivity contribution in [2.75, 3.05) is 0 Å². The van der Waals surface area contributed by atoms with Crippen LogP contribution in [-0.2, 0) is 12.0 Å². The molecule has 2 aromatic rings. The van der Waals surface area contributed by atoms with E-state index in [1.807, 2.05) is 11.3 Å². The van der Waals surface area contributed by atoms with E-state index in [0.29, 0.717) is 6.04 Å². The normalized spacial score (nSPS) is 13.3. The first kappa shape index (κ1) is 16.3. The Kier molecular flexibility index (Phi) is 5.60. The molecule has 1 atom stereocenters. The van der Waals surface area contributed by atoms with Crippen LogP contribution in [0.3, 0.4) is 0 Å². The summed E-state index contributed by atoms with van der Waals surface area (Å²) < 4.78 is 0. The van der Waals surface area contributed by atoms with Gasteiger partial charge < -0.3 is 5.32 Å². The van der Waals surface area contributed by atoms with Crippen LogP contribution in [0.5, 0.6) is 0 Å². The zero-order valence-corrected chi connectivity index (χ0v) is 14.5. The molecule has 1 unspecified atom stereocenters. The number of thiophene rings is 1. The molecule has 1 nitrogen and oxygen atoms in total. The molecule has 0 saturated carbocycles. The summed E-state index contributed by atoms with van der Waals surface area (Å²) in [6, 6.07) is 15.8. The van der Waals surface area contributed by atoms with E-state index in [1.54, 1.807) is 0 Å². The highest BCUT2D eigenvalue weighted by molar-refractivity contribution is 7.12. The first-order chi connectivity index (χ1) is 10.0. The Morgan fingerprint density at radius 2 is 1.76 bits per heavy atom. The van der Waals surface area contributed by atoms with Gasteiger partial charge in [-0.2, -0.15) is 0 Å². The average Bonchev–Trinajstić information content (AvgIpc) is 2.93. The summed E-state index contributed by atoms with van der Waals surface area (Å²) in [7, 11) is 0.